The number of nitrogens with zero attached hydrogens (tertiary/aromatic N) is 5. The van der Waals surface area contributed by atoms with E-state index in [1.165, 1.54) is 6.92 Å². The predicted molar refractivity (Wildman–Crippen MR) is 164 cm³/mol. The number of nitrogens with one attached hydrogen (secondary N) is 1. The molecule has 13 heteroatoms. The van der Waals surface area contributed by atoms with Crippen LogP contribution in [0.1, 0.15) is 62.6 Å². The average Bonchev–Trinajstić information content (AvgIpc) is 3.52. The third kappa shape index (κ3) is 5.12. The lowest BCUT2D eigenvalue weighted by Crippen LogP contribution is -2.51. The number of rotatable bonds is 4. The Morgan fingerprint density at radius 3 is 2.57 bits per heavy atom. The minimum absolute atomic E-state index is 0.00990. The van der Waals surface area contributed by atoms with Crippen LogP contribution in [0.5, 0.6) is 6.01 Å². The molecule has 8 nitrogen and oxygen atoms in total. The Morgan fingerprint density at radius 1 is 1.14 bits per heavy atom. The van der Waals surface area contributed by atoms with Crippen molar-refractivity contribution in [1.82, 2.24) is 25.2 Å². The van der Waals surface area contributed by atoms with Crippen molar-refractivity contribution in [3.05, 3.63) is 33.6 Å². The van der Waals surface area contributed by atoms with Crippen LogP contribution in [0.25, 0.3) is 22.2 Å². The molecule has 0 radical (unpaired) electrons. The lowest BCUT2D eigenvalue weighted by atomic mass is 9.94. The molecule has 7 rings (SSSR count). The summed E-state index contributed by atoms with van der Waals surface area (Å²) in [4.78, 5) is 17.9. The van der Waals surface area contributed by atoms with Crippen molar-refractivity contribution in [2.75, 3.05) is 50.0 Å². The molecule has 0 spiro atoms. The topological polar surface area (TPSA) is 92.4 Å². The van der Waals surface area contributed by atoms with Crippen LogP contribution in [0.3, 0.4) is 0 Å². The summed E-state index contributed by atoms with van der Waals surface area (Å²) in [6, 6.07) is 1.17. The number of ether oxygens (including phenoxy) is 1. The van der Waals surface area contributed by atoms with E-state index in [0.29, 0.717) is 55.9 Å². The standard InChI is InChI=1S/C29H32ClF4N7O.C2H6/c1-15-12-18(35)37-24(21(15)29(32,33)34)20-22(30)17-5-4-16-13-36-8-11-41(16)26-19(17)25(23(20)31)38-27(39-26)42-14-28-6-2-9-40(28)10-3-7-28;1-2/h12,16,36H,2-11,13-14H2,1H3,(H2,35,37);1-2H3. The zero-order chi connectivity index (χ0) is 31.4. The number of fused-ring (bicyclic) bond motifs is 3. The molecule has 0 amide bonds. The molecule has 0 saturated carbocycles. The largest absolute Gasteiger partial charge is 0.461 e. The molecule has 4 aliphatic heterocycles. The van der Waals surface area contributed by atoms with Gasteiger partial charge in [0.2, 0.25) is 0 Å². The van der Waals surface area contributed by atoms with Crippen LogP contribution >= 0.6 is 11.6 Å². The summed E-state index contributed by atoms with van der Waals surface area (Å²) in [5, 5.41) is 3.68. The number of alkyl halides is 3. The highest BCUT2D eigenvalue weighted by Crippen LogP contribution is 2.48. The molecule has 2 aromatic heterocycles. The lowest BCUT2D eigenvalue weighted by Gasteiger charge is -2.36. The lowest BCUT2D eigenvalue weighted by molar-refractivity contribution is -0.137. The van der Waals surface area contributed by atoms with E-state index in [9.17, 15) is 13.2 Å². The molecule has 1 atom stereocenters. The number of hydrogen-bond acceptors (Lipinski definition) is 8. The molecule has 0 aliphatic carbocycles. The van der Waals surface area contributed by atoms with Crippen molar-refractivity contribution < 1.29 is 22.3 Å². The van der Waals surface area contributed by atoms with Crippen LogP contribution in [-0.2, 0) is 12.6 Å². The second-order valence-corrected chi connectivity index (χ2v) is 12.3. The van der Waals surface area contributed by atoms with Gasteiger partial charge in [-0.1, -0.05) is 25.4 Å². The molecule has 44 heavy (non-hydrogen) atoms. The zero-order valence-corrected chi connectivity index (χ0v) is 26.0. The fourth-order valence-corrected chi connectivity index (χ4v) is 7.92. The minimum atomic E-state index is -4.82. The average molecular weight is 636 g/mol. The molecule has 1 aromatic carbocycles. The maximum atomic E-state index is 16.7. The fourth-order valence-electron chi connectivity index (χ4n) is 7.56. The number of aryl methyl sites for hydroxylation is 2. The molecule has 3 N–H and O–H groups in total. The van der Waals surface area contributed by atoms with Crippen molar-refractivity contribution in [1.29, 1.82) is 0 Å². The molecule has 3 fully saturated rings. The predicted octanol–water partition coefficient (Wildman–Crippen LogP) is 6.15. The van der Waals surface area contributed by atoms with E-state index in [1.54, 1.807) is 0 Å². The highest BCUT2D eigenvalue weighted by atomic mass is 35.5. The minimum Gasteiger partial charge on any atom is -0.461 e. The Morgan fingerprint density at radius 2 is 1.86 bits per heavy atom. The van der Waals surface area contributed by atoms with Crippen molar-refractivity contribution in [2.45, 2.75) is 77.1 Å². The summed E-state index contributed by atoms with van der Waals surface area (Å²) >= 11 is 6.86. The van der Waals surface area contributed by atoms with E-state index < -0.39 is 28.8 Å². The number of nitrogen functional groups attached to an aromatic ring is 1. The van der Waals surface area contributed by atoms with Crippen molar-refractivity contribution in [3.8, 4) is 17.3 Å². The van der Waals surface area contributed by atoms with Gasteiger partial charge < -0.3 is 20.7 Å². The molecular weight excluding hydrogens is 598 g/mol. The second-order valence-electron chi connectivity index (χ2n) is 11.9. The van der Waals surface area contributed by atoms with Gasteiger partial charge in [-0.05, 0) is 75.7 Å². The summed E-state index contributed by atoms with van der Waals surface area (Å²) < 4.78 is 66.0. The number of nitrogens with two attached hydrogens (primary N) is 1. The quantitative estimate of drug-likeness (QED) is 0.330. The maximum Gasteiger partial charge on any atom is 0.418 e. The molecule has 238 valence electrons. The Kier molecular flexibility index (Phi) is 8.30. The maximum absolute atomic E-state index is 16.7. The Labute approximate surface area is 259 Å². The van der Waals surface area contributed by atoms with Crippen LogP contribution in [-0.4, -0.2) is 70.8 Å². The first kappa shape index (κ1) is 31.0. The van der Waals surface area contributed by atoms with Gasteiger partial charge in [-0.15, -0.1) is 0 Å². The molecule has 4 aliphatic rings. The molecule has 1 unspecified atom stereocenters. The van der Waals surface area contributed by atoms with Crippen molar-refractivity contribution in [2.24, 2.45) is 0 Å². The SMILES string of the molecule is CC.Cc1cc(N)nc(-c2c(Cl)c3c4c(nc(OCC56CCCN5CCC6)nc4c2F)N2CCNCC2CC3)c1C(F)(F)F. The van der Waals surface area contributed by atoms with E-state index >= 15 is 4.39 Å². The van der Waals surface area contributed by atoms with Gasteiger partial charge in [-0.2, -0.15) is 23.1 Å². The number of hydrogen-bond donors (Lipinski definition) is 2. The second kappa shape index (κ2) is 11.8. The Hall–Kier alpha value is -2.96. The number of piperazine rings is 1. The Bertz CT molecular complexity index is 1570. The number of anilines is 2. The monoisotopic (exact) mass is 635 g/mol. The van der Waals surface area contributed by atoms with Gasteiger partial charge in [0.1, 0.15) is 23.8 Å². The first-order chi connectivity index (χ1) is 21.1. The van der Waals surface area contributed by atoms with Crippen molar-refractivity contribution >= 4 is 34.1 Å². The molecule has 0 bridgehead atoms. The first-order valence-electron chi connectivity index (χ1n) is 15.5. The normalized spacial score (nSPS) is 21.0. The van der Waals surface area contributed by atoms with Crippen LogP contribution in [0.2, 0.25) is 5.02 Å². The van der Waals surface area contributed by atoms with Gasteiger partial charge >= 0.3 is 12.2 Å². The summed E-state index contributed by atoms with van der Waals surface area (Å²) in [7, 11) is 0. The smallest absolute Gasteiger partial charge is 0.418 e. The van der Waals surface area contributed by atoms with Gasteiger partial charge in [-0.3, -0.25) is 4.90 Å². The highest BCUT2D eigenvalue weighted by molar-refractivity contribution is 6.35. The number of aromatic nitrogens is 3. The van der Waals surface area contributed by atoms with E-state index in [-0.39, 0.29) is 39.5 Å². The van der Waals surface area contributed by atoms with E-state index in [4.69, 9.17) is 27.1 Å². The van der Waals surface area contributed by atoms with E-state index in [2.05, 4.69) is 25.1 Å². The van der Waals surface area contributed by atoms with Crippen LogP contribution in [0.15, 0.2) is 6.07 Å². The number of halogens is 5. The van der Waals surface area contributed by atoms with Crippen LogP contribution < -0.4 is 20.7 Å². The molecular formula is C31H38ClF4N7O. The summed E-state index contributed by atoms with van der Waals surface area (Å²) in [5.41, 5.74) is 3.84. The summed E-state index contributed by atoms with van der Waals surface area (Å²) in [6.07, 6.45) is 0.422. The summed E-state index contributed by atoms with van der Waals surface area (Å²) in [6.45, 7) is 9.70. The molecule has 3 aromatic rings. The molecule has 3 saturated heterocycles. The fraction of sp³-hybridized carbons (Fsp3) is 0.581. The third-order valence-corrected chi connectivity index (χ3v) is 9.89. The van der Waals surface area contributed by atoms with E-state index in [0.717, 1.165) is 44.8 Å². The van der Waals surface area contributed by atoms with Gasteiger partial charge in [-0.25, -0.2) is 9.37 Å². The van der Waals surface area contributed by atoms with Gasteiger partial charge in [0, 0.05) is 25.7 Å². The van der Waals surface area contributed by atoms with Crippen LogP contribution in [0, 0.1) is 12.7 Å². The highest BCUT2D eigenvalue weighted by Gasteiger charge is 2.45. The van der Waals surface area contributed by atoms with Crippen molar-refractivity contribution in [3.63, 3.8) is 0 Å². The van der Waals surface area contributed by atoms with Gasteiger partial charge in [0.05, 0.1) is 32.8 Å². The third-order valence-electron chi connectivity index (χ3n) is 9.47. The van der Waals surface area contributed by atoms with Crippen LogP contribution in [0.4, 0.5) is 29.2 Å². The van der Waals surface area contributed by atoms with Gasteiger partial charge in [0.15, 0.2) is 5.82 Å². The summed E-state index contributed by atoms with van der Waals surface area (Å²) in [5.74, 6) is -0.656. The number of pyridine rings is 1. The first-order valence-corrected chi connectivity index (χ1v) is 15.9. The van der Waals surface area contributed by atoms with E-state index in [1.807, 2.05) is 13.8 Å². The Balaban J connectivity index is 0.00000168. The number of benzene rings is 1. The zero-order valence-electron chi connectivity index (χ0n) is 25.3. The van der Waals surface area contributed by atoms with Gasteiger partial charge in [0.25, 0.3) is 0 Å². The molecule has 6 heterocycles.